The van der Waals surface area contributed by atoms with Gasteiger partial charge in [0, 0.05) is 16.8 Å². The summed E-state index contributed by atoms with van der Waals surface area (Å²) in [7, 11) is 0. The molecule has 2 aromatic carbocycles. The number of carbonyl (C=O) groups excluding carboxylic acids is 2. The molecule has 2 rings (SSSR count). The number of ketones is 2. The van der Waals surface area contributed by atoms with Gasteiger partial charge < -0.3 is 16.6 Å². The van der Waals surface area contributed by atoms with E-state index in [2.05, 4.69) is 0 Å². The van der Waals surface area contributed by atoms with Crippen LogP contribution in [0.1, 0.15) is 20.7 Å². The van der Waals surface area contributed by atoms with Crippen LogP contribution in [0.5, 0.6) is 5.75 Å². The highest BCUT2D eigenvalue weighted by Gasteiger charge is 2.18. The average Bonchev–Trinajstić information content (AvgIpc) is 2.41. The Bertz CT molecular complexity index is 648. The molecule has 0 saturated carbocycles. The van der Waals surface area contributed by atoms with Crippen LogP contribution < -0.4 is 11.5 Å². The third kappa shape index (κ3) is 2.55. The minimum atomic E-state index is -0.708. The minimum Gasteiger partial charge on any atom is -0.506 e. The summed E-state index contributed by atoms with van der Waals surface area (Å²) in [5.74, 6) is -1.60. The maximum Gasteiger partial charge on any atom is 0.233 e. The second kappa shape index (κ2) is 4.81. The van der Waals surface area contributed by atoms with E-state index < -0.39 is 11.6 Å². The van der Waals surface area contributed by atoms with Crippen molar-refractivity contribution in [3.8, 4) is 5.75 Å². The predicted molar refractivity (Wildman–Crippen MR) is 72.0 cm³/mol. The number of aromatic hydroxyl groups is 1. The first-order valence-corrected chi connectivity index (χ1v) is 5.52. The van der Waals surface area contributed by atoms with E-state index in [1.807, 2.05) is 0 Å². The summed E-state index contributed by atoms with van der Waals surface area (Å²) in [5.41, 5.74) is 11.9. The molecular weight excluding hydrogens is 244 g/mol. The highest BCUT2D eigenvalue weighted by Crippen LogP contribution is 2.21. The van der Waals surface area contributed by atoms with Crippen LogP contribution in [0.25, 0.3) is 0 Å². The highest BCUT2D eigenvalue weighted by molar-refractivity contribution is 6.49. The van der Waals surface area contributed by atoms with Crippen molar-refractivity contribution in [2.75, 3.05) is 11.5 Å². The largest absolute Gasteiger partial charge is 0.506 e. The highest BCUT2D eigenvalue weighted by atomic mass is 16.3. The van der Waals surface area contributed by atoms with Crippen LogP contribution in [0.2, 0.25) is 0 Å². The van der Waals surface area contributed by atoms with Crippen molar-refractivity contribution in [2.45, 2.75) is 0 Å². The molecule has 0 atom stereocenters. The molecule has 0 bridgehead atoms. The number of anilines is 2. The normalized spacial score (nSPS) is 10.1. The molecule has 96 valence electrons. The number of nitrogen functional groups attached to an aromatic ring is 2. The molecule has 2 aromatic rings. The lowest BCUT2D eigenvalue weighted by atomic mass is 10.0. The number of hydrogen-bond donors (Lipinski definition) is 3. The molecule has 5 heteroatoms. The van der Waals surface area contributed by atoms with Gasteiger partial charge in [0.05, 0.1) is 5.69 Å². The van der Waals surface area contributed by atoms with Gasteiger partial charge >= 0.3 is 0 Å². The number of hydrogen-bond acceptors (Lipinski definition) is 5. The van der Waals surface area contributed by atoms with Crippen LogP contribution in [0, 0.1) is 0 Å². The van der Waals surface area contributed by atoms with Crippen LogP contribution in [-0.4, -0.2) is 16.7 Å². The zero-order valence-electron chi connectivity index (χ0n) is 9.96. The Balaban J connectivity index is 2.30. The molecule has 5 N–H and O–H groups in total. The van der Waals surface area contributed by atoms with E-state index in [0.717, 1.165) is 0 Å². The van der Waals surface area contributed by atoms with Crippen LogP contribution >= 0.6 is 0 Å². The molecule has 0 aliphatic carbocycles. The summed E-state index contributed by atoms with van der Waals surface area (Å²) < 4.78 is 0. The van der Waals surface area contributed by atoms with E-state index in [-0.39, 0.29) is 22.6 Å². The Kier molecular flexibility index (Phi) is 3.20. The second-order valence-corrected chi connectivity index (χ2v) is 4.05. The average molecular weight is 256 g/mol. The first-order chi connectivity index (χ1) is 8.99. The Morgan fingerprint density at radius 3 is 1.95 bits per heavy atom. The number of rotatable bonds is 3. The van der Waals surface area contributed by atoms with Crippen molar-refractivity contribution in [2.24, 2.45) is 0 Å². The summed E-state index contributed by atoms with van der Waals surface area (Å²) in [6.07, 6.45) is 0. The molecule has 0 radical (unpaired) electrons. The van der Waals surface area contributed by atoms with Gasteiger partial charge in [-0.2, -0.15) is 0 Å². The van der Waals surface area contributed by atoms with Crippen molar-refractivity contribution in [1.29, 1.82) is 0 Å². The Labute approximate surface area is 109 Å². The van der Waals surface area contributed by atoms with Gasteiger partial charge in [0.25, 0.3) is 0 Å². The van der Waals surface area contributed by atoms with Gasteiger partial charge in [-0.1, -0.05) is 0 Å². The number of phenols is 1. The SMILES string of the molecule is Nc1ccc(C(=O)C(=O)c2ccc(N)c(O)c2)cc1. The molecule has 0 fully saturated rings. The van der Waals surface area contributed by atoms with Crippen LogP contribution in [0.4, 0.5) is 11.4 Å². The van der Waals surface area contributed by atoms with Crippen molar-refractivity contribution in [3.05, 3.63) is 53.6 Å². The topological polar surface area (TPSA) is 106 Å². The Hall–Kier alpha value is -2.82. The zero-order chi connectivity index (χ0) is 14.0. The molecule has 0 amide bonds. The van der Waals surface area contributed by atoms with Crippen molar-refractivity contribution < 1.29 is 14.7 Å². The molecule has 0 spiro atoms. The molecule has 0 aliphatic heterocycles. The Morgan fingerprint density at radius 1 is 0.842 bits per heavy atom. The number of carbonyl (C=O) groups is 2. The molecule has 0 saturated heterocycles. The molecule has 0 heterocycles. The lowest BCUT2D eigenvalue weighted by Gasteiger charge is -2.03. The summed E-state index contributed by atoms with van der Waals surface area (Å²) in [6, 6.07) is 9.99. The fourth-order valence-corrected chi connectivity index (χ4v) is 1.58. The first kappa shape index (κ1) is 12.6. The van der Waals surface area contributed by atoms with E-state index in [4.69, 9.17) is 11.5 Å². The van der Waals surface area contributed by atoms with Crippen LogP contribution in [0.15, 0.2) is 42.5 Å². The number of benzene rings is 2. The van der Waals surface area contributed by atoms with Gasteiger partial charge in [-0.3, -0.25) is 9.59 Å². The predicted octanol–water partition coefficient (Wildman–Crippen LogP) is 1.62. The first-order valence-electron chi connectivity index (χ1n) is 5.52. The zero-order valence-corrected chi connectivity index (χ0v) is 9.96. The second-order valence-electron chi connectivity index (χ2n) is 4.05. The minimum absolute atomic E-state index is 0.0912. The van der Waals surface area contributed by atoms with Crippen LogP contribution in [0.3, 0.4) is 0 Å². The van der Waals surface area contributed by atoms with Gasteiger partial charge in [0.2, 0.25) is 11.6 Å². The number of Topliss-reactive ketones (excluding diaryl/α,β-unsaturated/α-hetero) is 2. The van der Waals surface area contributed by atoms with E-state index in [9.17, 15) is 14.7 Å². The standard InChI is InChI=1S/C14H12N2O3/c15-10-4-1-8(2-5-10)13(18)14(19)9-3-6-11(16)12(17)7-9/h1-7,17H,15-16H2. The molecule has 19 heavy (non-hydrogen) atoms. The summed E-state index contributed by atoms with van der Waals surface area (Å²) >= 11 is 0. The third-order valence-electron chi connectivity index (χ3n) is 2.67. The fraction of sp³-hybridized carbons (Fsp3) is 0. The fourth-order valence-electron chi connectivity index (χ4n) is 1.58. The molecule has 0 unspecified atom stereocenters. The van der Waals surface area contributed by atoms with E-state index in [1.54, 1.807) is 12.1 Å². The smallest absolute Gasteiger partial charge is 0.233 e. The summed E-state index contributed by atoms with van der Waals surface area (Å²) in [6.45, 7) is 0. The monoisotopic (exact) mass is 256 g/mol. The molecule has 5 nitrogen and oxygen atoms in total. The van der Waals surface area contributed by atoms with E-state index in [0.29, 0.717) is 5.69 Å². The number of phenolic OH excluding ortho intramolecular Hbond substituents is 1. The van der Waals surface area contributed by atoms with Gasteiger partial charge in [-0.05, 0) is 42.5 Å². The lowest BCUT2D eigenvalue weighted by Crippen LogP contribution is -2.14. The van der Waals surface area contributed by atoms with Gasteiger partial charge in [0.15, 0.2) is 0 Å². The van der Waals surface area contributed by atoms with Crippen LogP contribution in [-0.2, 0) is 0 Å². The van der Waals surface area contributed by atoms with Gasteiger partial charge in [-0.15, -0.1) is 0 Å². The maximum absolute atomic E-state index is 12.0. The Morgan fingerprint density at radius 2 is 1.37 bits per heavy atom. The van der Waals surface area contributed by atoms with Crippen molar-refractivity contribution >= 4 is 22.9 Å². The molecular formula is C14H12N2O3. The van der Waals surface area contributed by atoms with Crippen molar-refractivity contribution in [3.63, 3.8) is 0 Å². The molecule has 0 aromatic heterocycles. The lowest BCUT2D eigenvalue weighted by molar-refractivity contribution is 0.0817. The van der Waals surface area contributed by atoms with E-state index in [1.165, 1.54) is 30.3 Å². The van der Waals surface area contributed by atoms with Gasteiger partial charge in [0.1, 0.15) is 5.75 Å². The molecule has 0 aliphatic rings. The third-order valence-corrected chi connectivity index (χ3v) is 2.67. The maximum atomic E-state index is 12.0. The number of nitrogens with two attached hydrogens (primary N) is 2. The summed E-state index contributed by atoms with van der Waals surface area (Å²) in [5, 5.41) is 9.43. The summed E-state index contributed by atoms with van der Waals surface area (Å²) in [4.78, 5) is 23.9. The quantitative estimate of drug-likeness (QED) is 0.335. The van der Waals surface area contributed by atoms with Gasteiger partial charge in [-0.25, -0.2) is 0 Å². The van der Waals surface area contributed by atoms with Crippen molar-refractivity contribution in [1.82, 2.24) is 0 Å². The van der Waals surface area contributed by atoms with E-state index >= 15 is 0 Å².